The van der Waals surface area contributed by atoms with E-state index in [4.69, 9.17) is 4.84 Å². The number of hydrogen-bond donors (Lipinski definition) is 1. The average molecular weight is 280 g/mol. The molecular weight excluding hydrogens is 264 g/mol. The lowest BCUT2D eigenvalue weighted by Gasteiger charge is -2.15. The van der Waals surface area contributed by atoms with Crippen LogP contribution in [0.2, 0.25) is 0 Å². The fourth-order valence-corrected chi connectivity index (χ4v) is 2.83. The first-order valence-corrected chi connectivity index (χ1v) is 6.83. The van der Waals surface area contributed by atoms with E-state index in [1.807, 2.05) is 19.1 Å². The zero-order valence-electron chi connectivity index (χ0n) is 11.1. The van der Waals surface area contributed by atoms with Gasteiger partial charge in [-0.05, 0) is 24.6 Å². The summed E-state index contributed by atoms with van der Waals surface area (Å²) < 4.78 is 0. The molecule has 0 aliphatic carbocycles. The molecule has 1 aromatic rings. The van der Waals surface area contributed by atoms with Gasteiger partial charge in [-0.2, -0.15) is 0 Å². The van der Waals surface area contributed by atoms with E-state index >= 15 is 0 Å². The predicted octanol–water partition coefficient (Wildman–Crippen LogP) is 1.58. The van der Waals surface area contributed by atoms with Crippen molar-refractivity contribution in [2.45, 2.75) is 13.0 Å². The zero-order valence-corrected chi connectivity index (χ0v) is 11.9. The normalized spacial score (nSPS) is 18.3. The lowest BCUT2D eigenvalue weighted by atomic mass is 10.1. The molecular formula is C13H16N2O3S. The van der Waals surface area contributed by atoms with Crippen LogP contribution in [0.5, 0.6) is 5.75 Å². The fourth-order valence-electron chi connectivity index (χ4n) is 1.77. The van der Waals surface area contributed by atoms with E-state index in [0.29, 0.717) is 16.4 Å². The maximum absolute atomic E-state index is 11.9. The van der Waals surface area contributed by atoms with Gasteiger partial charge >= 0.3 is 0 Å². The maximum atomic E-state index is 11.9. The van der Waals surface area contributed by atoms with Gasteiger partial charge in [0.05, 0.1) is 7.11 Å². The van der Waals surface area contributed by atoms with Crippen LogP contribution in [0.15, 0.2) is 23.2 Å². The largest absolute Gasteiger partial charge is 0.507 e. The molecule has 1 atom stereocenters. The minimum atomic E-state index is -0.453. The Bertz CT molecular complexity index is 531. The number of hydroxylamine groups is 2. The summed E-state index contributed by atoms with van der Waals surface area (Å²) in [6, 6.07) is 4.97. The van der Waals surface area contributed by atoms with Crippen molar-refractivity contribution in [3.63, 3.8) is 0 Å². The van der Waals surface area contributed by atoms with Crippen molar-refractivity contribution >= 4 is 22.7 Å². The molecule has 0 fully saturated rings. The molecule has 0 saturated heterocycles. The number of carbonyl (C=O) groups is 1. The van der Waals surface area contributed by atoms with E-state index in [2.05, 4.69) is 4.99 Å². The van der Waals surface area contributed by atoms with Crippen molar-refractivity contribution in [1.29, 1.82) is 0 Å². The van der Waals surface area contributed by atoms with E-state index in [1.54, 1.807) is 13.1 Å². The summed E-state index contributed by atoms with van der Waals surface area (Å²) >= 11 is 1.47. The number of nitrogens with zero attached hydrogens (tertiary/aromatic N) is 2. The van der Waals surface area contributed by atoms with E-state index < -0.39 is 6.04 Å². The second-order valence-electron chi connectivity index (χ2n) is 4.30. The van der Waals surface area contributed by atoms with Crippen LogP contribution in [0.1, 0.15) is 11.1 Å². The summed E-state index contributed by atoms with van der Waals surface area (Å²) in [4.78, 5) is 21.1. The van der Waals surface area contributed by atoms with Crippen molar-refractivity contribution in [3.05, 3.63) is 29.3 Å². The summed E-state index contributed by atoms with van der Waals surface area (Å²) in [6.45, 7) is 1.91. The van der Waals surface area contributed by atoms with Gasteiger partial charge in [-0.3, -0.25) is 14.6 Å². The van der Waals surface area contributed by atoms with Crippen LogP contribution in [0.25, 0.3) is 0 Å². The quantitative estimate of drug-likeness (QED) is 0.854. The third kappa shape index (κ3) is 2.90. The number of amides is 1. The number of rotatable bonds is 3. The molecule has 1 aromatic carbocycles. The van der Waals surface area contributed by atoms with Crippen molar-refractivity contribution in [2.24, 2.45) is 4.99 Å². The molecule has 0 bridgehead atoms. The first-order chi connectivity index (χ1) is 9.02. The van der Waals surface area contributed by atoms with Crippen molar-refractivity contribution < 1.29 is 14.7 Å². The van der Waals surface area contributed by atoms with Gasteiger partial charge in [0.25, 0.3) is 5.91 Å². The molecule has 6 heteroatoms. The Morgan fingerprint density at radius 2 is 2.32 bits per heavy atom. The van der Waals surface area contributed by atoms with Crippen LogP contribution < -0.4 is 0 Å². The van der Waals surface area contributed by atoms with Gasteiger partial charge in [0.15, 0.2) is 0 Å². The predicted molar refractivity (Wildman–Crippen MR) is 75.4 cm³/mol. The van der Waals surface area contributed by atoms with Crippen LogP contribution in [0.4, 0.5) is 0 Å². The second kappa shape index (κ2) is 5.63. The molecule has 0 aromatic heterocycles. The Balaban J connectivity index is 2.21. The number of aliphatic imine (C=N–C) groups is 1. The second-order valence-corrected chi connectivity index (χ2v) is 5.31. The molecule has 1 aliphatic rings. The molecule has 19 heavy (non-hydrogen) atoms. The van der Waals surface area contributed by atoms with E-state index in [-0.39, 0.29) is 11.7 Å². The van der Waals surface area contributed by atoms with Gasteiger partial charge < -0.3 is 5.11 Å². The van der Waals surface area contributed by atoms with Crippen LogP contribution >= 0.6 is 11.8 Å². The number of aromatic hydroxyl groups is 1. The molecule has 5 nitrogen and oxygen atoms in total. The first kappa shape index (κ1) is 13.9. The van der Waals surface area contributed by atoms with Crippen molar-refractivity contribution in [1.82, 2.24) is 5.06 Å². The summed E-state index contributed by atoms with van der Waals surface area (Å²) in [7, 11) is 3.00. The smallest absolute Gasteiger partial charge is 0.271 e. The summed E-state index contributed by atoms with van der Waals surface area (Å²) in [6.07, 6.45) is 0. The highest BCUT2D eigenvalue weighted by Crippen LogP contribution is 2.29. The lowest BCUT2D eigenvalue weighted by molar-refractivity contribution is -0.169. The number of likely N-dealkylation sites (N-methyl/N-ethyl adjacent to an activating group) is 1. The van der Waals surface area contributed by atoms with Gasteiger partial charge in [0, 0.05) is 18.4 Å². The number of phenols is 1. The van der Waals surface area contributed by atoms with Crippen molar-refractivity contribution in [3.8, 4) is 5.75 Å². The zero-order chi connectivity index (χ0) is 14.0. The summed E-state index contributed by atoms with van der Waals surface area (Å²) in [5.41, 5.74) is 1.66. The molecule has 1 amide bonds. The SMILES string of the molecule is CON(C)C(=O)[C@@H]1CSC(c2ccc(C)cc2O)=N1. The van der Waals surface area contributed by atoms with E-state index in [1.165, 1.54) is 23.9 Å². The minimum Gasteiger partial charge on any atom is -0.507 e. The Morgan fingerprint density at radius 1 is 1.58 bits per heavy atom. The highest BCUT2D eigenvalue weighted by Gasteiger charge is 2.29. The molecule has 0 spiro atoms. The van der Waals surface area contributed by atoms with Crippen LogP contribution in [0, 0.1) is 6.92 Å². The maximum Gasteiger partial charge on any atom is 0.271 e. The molecule has 1 heterocycles. The standard InChI is InChI=1S/C13H16N2O3S/c1-8-4-5-9(11(16)6-8)12-14-10(7-19-12)13(17)15(2)18-3/h4-6,10,16H,7H2,1-3H3/t10-/m0/s1. The number of benzene rings is 1. The number of aryl methyl sites for hydroxylation is 1. The van der Waals surface area contributed by atoms with E-state index in [0.717, 1.165) is 5.56 Å². The first-order valence-electron chi connectivity index (χ1n) is 5.85. The fraction of sp³-hybridized carbons (Fsp3) is 0.385. The lowest BCUT2D eigenvalue weighted by Crippen LogP contribution is -2.34. The third-order valence-electron chi connectivity index (χ3n) is 2.90. The summed E-state index contributed by atoms with van der Waals surface area (Å²) in [5.74, 6) is 0.575. The Hall–Kier alpha value is -1.53. The van der Waals surface area contributed by atoms with Gasteiger partial charge in [0.1, 0.15) is 16.8 Å². The highest BCUT2D eigenvalue weighted by atomic mass is 32.2. The molecule has 0 radical (unpaired) electrons. The van der Waals surface area contributed by atoms with Gasteiger partial charge in [-0.15, -0.1) is 11.8 Å². The Kier molecular flexibility index (Phi) is 4.11. The third-order valence-corrected chi connectivity index (χ3v) is 3.99. The molecule has 0 saturated carbocycles. The van der Waals surface area contributed by atoms with E-state index in [9.17, 15) is 9.90 Å². The monoisotopic (exact) mass is 280 g/mol. The average Bonchev–Trinajstić information content (AvgIpc) is 2.86. The molecule has 0 unspecified atom stereocenters. The number of carbonyl (C=O) groups excluding carboxylic acids is 1. The summed E-state index contributed by atoms with van der Waals surface area (Å²) in [5, 5.41) is 11.8. The Morgan fingerprint density at radius 3 is 2.95 bits per heavy atom. The Labute approximate surface area is 116 Å². The number of phenolic OH excluding ortho intramolecular Hbond substituents is 1. The number of thioether (sulfide) groups is 1. The number of hydrogen-bond acceptors (Lipinski definition) is 5. The molecule has 1 aliphatic heterocycles. The van der Waals surface area contributed by atoms with Crippen LogP contribution in [-0.2, 0) is 9.63 Å². The van der Waals surface area contributed by atoms with Gasteiger partial charge in [0.2, 0.25) is 0 Å². The molecule has 2 rings (SSSR count). The molecule has 102 valence electrons. The van der Waals surface area contributed by atoms with Gasteiger partial charge in [-0.1, -0.05) is 6.07 Å². The van der Waals surface area contributed by atoms with Gasteiger partial charge in [-0.25, -0.2) is 5.06 Å². The molecule has 1 N–H and O–H groups in total. The topological polar surface area (TPSA) is 62.1 Å². The van der Waals surface area contributed by atoms with Crippen LogP contribution in [-0.4, -0.2) is 47.1 Å². The highest BCUT2D eigenvalue weighted by molar-refractivity contribution is 8.14. The van der Waals surface area contributed by atoms with Crippen molar-refractivity contribution in [2.75, 3.05) is 19.9 Å². The minimum absolute atomic E-state index is 0.184. The van der Waals surface area contributed by atoms with Crippen LogP contribution in [0.3, 0.4) is 0 Å².